The number of rotatable bonds is 4. The number of nitrogens with zero attached hydrogens (tertiary/aromatic N) is 3. The minimum atomic E-state index is 0.419. The normalized spacial score (nSPS) is 10.0. The number of aromatic nitrogens is 2. The molecule has 1 aromatic carbocycles. The van der Waals surface area contributed by atoms with E-state index in [1.54, 1.807) is 6.07 Å². The third kappa shape index (κ3) is 3.19. The molecule has 0 aliphatic rings. The Kier molecular flexibility index (Phi) is 3.94. The molecule has 96 valence electrons. The zero-order valence-corrected chi connectivity index (χ0v) is 10.9. The zero-order chi connectivity index (χ0) is 13.7. The highest BCUT2D eigenvalue weighted by atomic mass is 15.1. The number of para-hydroxylation sites is 1. The Labute approximate surface area is 112 Å². The lowest BCUT2D eigenvalue weighted by atomic mass is 10.0. The first-order chi connectivity index (χ1) is 9.20. The van der Waals surface area contributed by atoms with Crippen molar-refractivity contribution >= 4 is 17.3 Å². The molecule has 2 N–H and O–H groups in total. The van der Waals surface area contributed by atoms with Gasteiger partial charge in [0.2, 0.25) is 0 Å². The molecule has 0 amide bonds. The van der Waals surface area contributed by atoms with E-state index in [1.807, 2.05) is 24.4 Å². The van der Waals surface area contributed by atoms with Crippen molar-refractivity contribution in [3.8, 4) is 6.19 Å². The van der Waals surface area contributed by atoms with Gasteiger partial charge in [-0.1, -0.05) is 32.0 Å². The summed E-state index contributed by atoms with van der Waals surface area (Å²) in [7, 11) is 0. The molecule has 0 saturated heterocycles. The van der Waals surface area contributed by atoms with E-state index < -0.39 is 0 Å². The monoisotopic (exact) mass is 253 g/mol. The second-order valence-corrected chi connectivity index (χ2v) is 4.39. The van der Waals surface area contributed by atoms with Gasteiger partial charge >= 0.3 is 0 Å². The van der Waals surface area contributed by atoms with E-state index in [2.05, 4.69) is 40.5 Å². The molecule has 0 unspecified atom stereocenters. The molecular weight excluding hydrogens is 238 g/mol. The van der Waals surface area contributed by atoms with Crippen LogP contribution in [0.2, 0.25) is 0 Å². The third-order valence-corrected chi connectivity index (χ3v) is 2.70. The van der Waals surface area contributed by atoms with Crippen LogP contribution in [0.1, 0.15) is 25.3 Å². The average Bonchev–Trinajstić information content (AvgIpc) is 2.40. The van der Waals surface area contributed by atoms with Crippen LogP contribution in [-0.2, 0) is 0 Å². The lowest BCUT2D eigenvalue weighted by Gasteiger charge is -2.14. The Balaban J connectivity index is 2.26. The van der Waals surface area contributed by atoms with E-state index in [-0.39, 0.29) is 0 Å². The van der Waals surface area contributed by atoms with Crippen molar-refractivity contribution in [3.63, 3.8) is 0 Å². The Morgan fingerprint density at radius 2 is 1.89 bits per heavy atom. The van der Waals surface area contributed by atoms with Gasteiger partial charge in [-0.2, -0.15) is 5.26 Å². The summed E-state index contributed by atoms with van der Waals surface area (Å²) >= 11 is 0. The highest BCUT2D eigenvalue weighted by Crippen LogP contribution is 2.26. The van der Waals surface area contributed by atoms with Crippen molar-refractivity contribution in [2.75, 3.05) is 10.6 Å². The topological polar surface area (TPSA) is 73.6 Å². The Hall–Kier alpha value is -2.61. The second kappa shape index (κ2) is 5.83. The highest BCUT2D eigenvalue weighted by molar-refractivity contribution is 5.63. The van der Waals surface area contributed by atoms with Crippen LogP contribution in [-0.4, -0.2) is 9.97 Å². The molecule has 0 spiro atoms. The van der Waals surface area contributed by atoms with Gasteiger partial charge in [0, 0.05) is 11.8 Å². The summed E-state index contributed by atoms with van der Waals surface area (Å²) in [6, 6.07) is 9.78. The van der Waals surface area contributed by atoms with Gasteiger partial charge in [0.1, 0.15) is 18.0 Å². The molecule has 0 aliphatic heterocycles. The number of anilines is 3. The molecule has 5 nitrogen and oxygen atoms in total. The van der Waals surface area contributed by atoms with Crippen molar-refractivity contribution in [1.82, 2.24) is 9.97 Å². The Bertz CT molecular complexity index is 601. The molecule has 2 rings (SSSR count). The zero-order valence-electron chi connectivity index (χ0n) is 10.9. The van der Waals surface area contributed by atoms with E-state index in [4.69, 9.17) is 5.26 Å². The summed E-state index contributed by atoms with van der Waals surface area (Å²) in [5, 5.41) is 14.3. The minimum Gasteiger partial charge on any atom is -0.340 e. The quantitative estimate of drug-likeness (QED) is 0.646. The summed E-state index contributed by atoms with van der Waals surface area (Å²) in [4.78, 5) is 8.09. The summed E-state index contributed by atoms with van der Waals surface area (Å²) in [6.45, 7) is 4.28. The van der Waals surface area contributed by atoms with Crippen LogP contribution in [0.3, 0.4) is 0 Å². The molecule has 1 aromatic heterocycles. The molecule has 0 bridgehead atoms. The Morgan fingerprint density at radius 3 is 2.63 bits per heavy atom. The van der Waals surface area contributed by atoms with Crippen LogP contribution in [0, 0.1) is 11.5 Å². The molecule has 5 heteroatoms. The summed E-state index contributed by atoms with van der Waals surface area (Å²) in [5.41, 5.74) is 2.23. The maximum Gasteiger partial charge on any atom is 0.182 e. The molecule has 0 aliphatic carbocycles. The van der Waals surface area contributed by atoms with Gasteiger partial charge in [-0.05, 0) is 17.5 Å². The van der Waals surface area contributed by atoms with Gasteiger partial charge in [0.05, 0.1) is 0 Å². The molecule has 19 heavy (non-hydrogen) atoms. The first kappa shape index (κ1) is 12.8. The van der Waals surface area contributed by atoms with Crippen LogP contribution < -0.4 is 10.6 Å². The molecule has 0 saturated carbocycles. The summed E-state index contributed by atoms with van der Waals surface area (Å²) in [6.07, 6.45) is 3.25. The molecular formula is C14H15N5. The number of hydrogen-bond donors (Lipinski definition) is 2. The van der Waals surface area contributed by atoms with Crippen molar-refractivity contribution in [2.24, 2.45) is 0 Å². The van der Waals surface area contributed by atoms with Crippen molar-refractivity contribution < 1.29 is 0 Å². The molecule has 0 atom stereocenters. The largest absolute Gasteiger partial charge is 0.340 e. The molecule has 0 fully saturated rings. The van der Waals surface area contributed by atoms with Gasteiger partial charge in [-0.25, -0.2) is 9.97 Å². The van der Waals surface area contributed by atoms with Crippen molar-refractivity contribution in [3.05, 3.63) is 42.2 Å². The number of nitriles is 1. The maximum atomic E-state index is 8.58. The van der Waals surface area contributed by atoms with Crippen molar-refractivity contribution in [1.29, 1.82) is 5.26 Å². The van der Waals surface area contributed by atoms with E-state index in [1.165, 1.54) is 11.9 Å². The predicted molar refractivity (Wildman–Crippen MR) is 75.1 cm³/mol. The van der Waals surface area contributed by atoms with Gasteiger partial charge in [-0.3, -0.25) is 5.32 Å². The summed E-state index contributed by atoms with van der Waals surface area (Å²) in [5.74, 6) is 1.55. The van der Waals surface area contributed by atoms with E-state index in [0.29, 0.717) is 17.6 Å². The van der Waals surface area contributed by atoms with Gasteiger partial charge in [0.15, 0.2) is 6.19 Å². The smallest absolute Gasteiger partial charge is 0.182 e. The third-order valence-electron chi connectivity index (χ3n) is 2.70. The SMILES string of the molecule is CC(C)c1ccccc1Nc1cc(NC#N)ncn1. The minimum absolute atomic E-state index is 0.419. The second-order valence-electron chi connectivity index (χ2n) is 4.39. The maximum absolute atomic E-state index is 8.58. The highest BCUT2D eigenvalue weighted by Gasteiger charge is 2.06. The van der Waals surface area contributed by atoms with Gasteiger partial charge < -0.3 is 5.32 Å². The first-order valence-corrected chi connectivity index (χ1v) is 6.04. The van der Waals surface area contributed by atoms with Gasteiger partial charge in [-0.15, -0.1) is 0 Å². The lowest BCUT2D eigenvalue weighted by Crippen LogP contribution is -2.01. The van der Waals surface area contributed by atoms with E-state index in [0.717, 1.165) is 5.69 Å². The predicted octanol–water partition coefficient (Wildman–Crippen LogP) is 3.24. The van der Waals surface area contributed by atoms with Gasteiger partial charge in [0.25, 0.3) is 0 Å². The summed E-state index contributed by atoms with van der Waals surface area (Å²) < 4.78 is 0. The van der Waals surface area contributed by atoms with E-state index in [9.17, 15) is 0 Å². The van der Waals surface area contributed by atoms with Crippen LogP contribution in [0.5, 0.6) is 0 Å². The number of hydrogen-bond acceptors (Lipinski definition) is 5. The van der Waals surface area contributed by atoms with Crippen LogP contribution in [0.4, 0.5) is 17.3 Å². The fraction of sp³-hybridized carbons (Fsp3) is 0.214. The van der Waals surface area contributed by atoms with Crippen LogP contribution in [0.15, 0.2) is 36.7 Å². The molecule has 2 aromatic rings. The first-order valence-electron chi connectivity index (χ1n) is 6.04. The fourth-order valence-electron chi connectivity index (χ4n) is 1.80. The van der Waals surface area contributed by atoms with Crippen LogP contribution in [0.25, 0.3) is 0 Å². The van der Waals surface area contributed by atoms with Crippen LogP contribution >= 0.6 is 0 Å². The van der Waals surface area contributed by atoms with E-state index >= 15 is 0 Å². The number of benzene rings is 1. The fourth-order valence-corrected chi connectivity index (χ4v) is 1.80. The Morgan fingerprint density at radius 1 is 1.16 bits per heavy atom. The molecule has 0 radical (unpaired) electrons. The average molecular weight is 253 g/mol. The number of nitrogens with one attached hydrogen (secondary N) is 2. The lowest BCUT2D eigenvalue weighted by molar-refractivity contribution is 0.869. The standard InChI is InChI=1S/C14H15N5/c1-10(2)11-5-3-4-6-12(11)19-14-7-13(16-8-15)17-9-18-14/h3-7,9-10H,1-2H3,(H2,16,17,18,19). The molecule has 1 heterocycles. The van der Waals surface area contributed by atoms with Crippen molar-refractivity contribution in [2.45, 2.75) is 19.8 Å².